The number of ether oxygens (including phenoxy) is 1. The summed E-state index contributed by atoms with van der Waals surface area (Å²) in [5.41, 5.74) is 1.48. The molecular formula is C24H17ClFNO4. The van der Waals surface area contributed by atoms with Crippen LogP contribution in [0.15, 0.2) is 66.7 Å². The Bertz CT molecular complexity index is 1160. The summed E-state index contributed by atoms with van der Waals surface area (Å²) in [5, 5.41) is 0.385. The van der Waals surface area contributed by atoms with Gasteiger partial charge in [0, 0.05) is 24.1 Å². The number of carbonyl (C=O) groups is 3. The number of hydrogen-bond donors (Lipinski definition) is 0. The van der Waals surface area contributed by atoms with Gasteiger partial charge in [0.1, 0.15) is 11.6 Å². The van der Waals surface area contributed by atoms with E-state index in [1.54, 1.807) is 17.0 Å². The van der Waals surface area contributed by atoms with Gasteiger partial charge in [-0.25, -0.2) is 9.18 Å². The lowest BCUT2D eigenvalue weighted by atomic mass is 10.0. The number of hydrogen-bond acceptors (Lipinski definition) is 4. The molecule has 0 spiro atoms. The largest absolute Gasteiger partial charge is 0.423 e. The zero-order valence-corrected chi connectivity index (χ0v) is 17.1. The maximum atomic E-state index is 13.0. The lowest BCUT2D eigenvalue weighted by molar-refractivity contribution is -0.117. The molecule has 1 aliphatic heterocycles. The molecule has 4 rings (SSSR count). The number of anilines is 1. The molecule has 3 aromatic carbocycles. The van der Waals surface area contributed by atoms with Gasteiger partial charge in [-0.05, 0) is 73.2 Å². The predicted molar refractivity (Wildman–Crippen MR) is 114 cm³/mol. The Hall–Kier alpha value is -3.51. The van der Waals surface area contributed by atoms with Crippen LogP contribution < -0.4 is 9.64 Å². The standard InChI is InChI=1S/C24H17ClFNO4/c25-20-12-7-17(14-21(20)27-13-1-2-22(27)28)24(30)31-19-10-5-16(6-11-19)23(29)15-3-8-18(26)9-4-15/h3-12,14H,1-2,13H2. The Morgan fingerprint density at radius 1 is 0.903 bits per heavy atom. The molecule has 1 aliphatic rings. The molecule has 0 saturated carbocycles. The summed E-state index contributed by atoms with van der Waals surface area (Å²) in [6, 6.07) is 16.0. The van der Waals surface area contributed by atoms with Crippen molar-refractivity contribution in [2.24, 2.45) is 0 Å². The van der Waals surface area contributed by atoms with Crippen LogP contribution in [0.3, 0.4) is 0 Å². The summed E-state index contributed by atoms with van der Waals surface area (Å²) in [7, 11) is 0. The fourth-order valence-electron chi connectivity index (χ4n) is 3.36. The van der Waals surface area contributed by atoms with Gasteiger partial charge >= 0.3 is 5.97 Å². The Kier molecular flexibility index (Phi) is 5.82. The monoisotopic (exact) mass is 437 g/mol. The molecule has 1 heterocycles. The van der Waals surface area contributed by atoms with Gasteiger partial charge in [0.15, 0.2) is 5.78 Å². The SMILES string of the molecule is O=C(Oc1ccc(C(=O)c2ccc(F)cc2)cc1)c1ccc(Cl)c(N2CCCC2=O)c1. The highest BCUT2D eigenvalue weighted by Crippen LogP contribution is 2.31. The van der Waals surface area contributed by atoms with E-state index < -0.39 is 11.8 Å². The number of esters is 1. The van der Waals surface area contributed by atoms with Crippen molar-refractivity contribution < 1.29 is 23.5 Å². The first kappa shape index (κ1) is 20.8. The van der Waals surface area contributed by atoms with Gasteiger partial charge in [0.05, 0.1) is 16.3 Å². The number of carbonyl (C=O) groups excluding carboxylic acids is 3. The summed E-state index contributed by atoms with van der Waals surface area (Å²) in [6.07, 6.45) is 1.20. The van der Waals surface area contributed by atoms with Gasteiger partial charge in [-0.15, -0.1) is 0 Å². The van der Waals surface area contributed by atoms with Gasteiger partial charge in [-0.1, -0.05) is 11.6 Å². The molecule has 0 radical (unpaired) electrons. The molecule has 0 aliphatic carbocycles. The second kappa shape index (κ2) is 8.70. The van der Waals surface area contributed by atoms with E-state index in [1.807, 2.05) is 0 Å². The Morgan fingerprint density at radius 2 is 1.52 bits per heavy atom. The Morgan fingerprint density at radius 3 is 2.13 bits per heavy atom. The summed E-state index contributed by atoms with van der Waals surface area (Å²) >= 11 is 6.21. The van der Waals surface area contributed by atoms with Crippen molar-refractivity contribution in [2.45, 2.75) is 12.8 Å². The van der Waals surface area contributed by atoms with Crippen molar-refractivity contribution in [3.05, 3.63) is 94.3 Å². The van der Waals surface area contributed by atoms with Crippen molar-refractivity contribution in [1.29, 1.82) is 0 Å². The number of halogens is 2. The minimum absolute atomic E-state index is 0.0335. The first-order valence-corrected chi connectivity index (χ1v) is 10.0. The van der Waals surface area contributed by atoms with Crippen LogP contribution in [0.25, 0.3) is 0 Å². The maximum absolute atomic E-state index is 13.0. The van der Waals surface area contributed by atoms with Crippen LogP contribution in [0.2, 0.25) is 5.02 Å². The zero-order valence-electron chi connectivity index (χ0n) is 16.3. The second-order valence-electron chi connectivity index (χ2n) is 7.07. The Labute approximate surface area is 183 Å². The van der Waals surface area contributed by atoms with E-state index in [-0.39, 0.29) is 23.0 Å². The smallest absolute Gasteiger partial charge is 0.343 e. The predicted octanol–water partition coefficient (Wildman–Crippen LogP) is 5.06. The normalized spacial score (nSPS) is 13.4. The number of ketones is 1. The summed E-state index contributed by atoms with van der Waals surface area (Å²) in [4.78, 5) is 38.6. The molecule has 0 aromatic heterocycles. The van der Waals surface area contributed by atoms with E-state index in [0.29, 0.717) is 34.8 Å². The molecule has 1 amide bonds. The summed E-state index contributed by atoms with van der Waals surface area (Å²) < 4.78 is 18.4. The summed E-state index contributed by atoms with van der Waals surface area (Å²) in [6.45, 7) is 0.556. The van der Waals surface area contributed by atoms with Crippen molar-refractivity contribution >= 4 is 34.9 Å². The number of amides is 1. The molecule has 1 fully saturated rings. The molecule has 0 atom stereocenters. The van der Waals surface area contributed by atoms with Crippen LogP contribution >= 0.6 is 11.6 Å². The highest BCUT2D eigenvalue weighted by atomic mass is 35.5. The van der Waals surface area contributed by atoms with Crippen molar-refractivity contribution in [3.63, 3.8) is 0 Å². The van der Waals surface area contributed by atoms with E-state index in [2.05, 4.69) is 0 Å². The van der Waals surface area contributed by atoms with E-state index >= 15 is 0 Å². The first-order valence-electron chi connectivity index (χ1n) is 9.65. The van der Waals surface area contributed by atoms with Crippen LogP contribution in [0.5, 0.6) is 5.75 Å². The number of rotatable bonds is 5. The molecule has 3 aromatic rings. The van der Waals surface area contributed by atoms with E-state index in [4.69, 9.17) is 16.3 Å². The maximum Gasteiger partial charge on any atom is 0.343 e. The zero-order chi connectivity index (χ0) is 22.0. The van der Waals surface area contributed by atoms with Crippen LogP contribution in [-0.2, 0) is 4.79 Å². The lowest BCUT2D eigenvalue weighted by Crippen LogP contribution is -2.24. The topological polar surface area (TPSA) is 63.7 Å². The average molecular weight is 438 g/mol. The first-order chi connectivity index (χ1) is 14.9. The van der Waals surface area contributed by atoms with Crippen LogP contribution in [0.1, 0.15) is 39.1 Å². The van der Waals surface area contributed by atoms with Gasteiger partial charge in [0.25, 0.3) is 0 Å². The molecule has 1 saturated heterocycles. The Balaban J connectivity index is 1.48. The molecule has 0 unspecified atom stereocenters. The minimum Gasteiger partial charge on any atom is -0.423 e. The van der Waals surface area contributed by atoms with Gasteiger partial charge < -0.3 is 9.64 Å². The molecule has 7 heteroatoms. The van der Waals surface area contributed by atoms with E-state index in [1.165, 1.54) is 54.6 Å². The highest BCUT2D eigenvalue weighted by molar-refractivity contribution is 6.34. The third-order valence-electron chi connectivity index (χ3n) is 4.98. The third kappa shape index (κ3) is 4.49. The molecule has 0 N–H and O–H groups in total. The van der Waals surface area contributed by atoms with Crippen LogP contribution in [0.4, 0.5) is 10.1 Å². The molecule has 31 heavy (non-hydrogen) atoms. The fraction of sp³-hybridized carbons (Fsp3) is 0.125. The highest BCUT2D eigenvalue weighted by Gasteiger charge is 2.25. The van der Waals surface area contributed by atoms with Gasteiger partial charge in [-0.2, -0.15) is 0 Å². The number of nitrogens with zero attached hydrogens (tertiary/aromatic N) is 1. The quantitative estimate of drug-likeness (QED) is 0.318. The molecular weight excluding hydrogens is 421 g/mol. The molecule has 5 nitrogen and oxygen atoms in total. The minimum atomic E-state index is -0.609. The third-order valence-corrected chi connectivity index (χ3v) is 5.30. The molecule has 156 valence electrons. The summed E-state index contributed by atoms with van der Waals surface area (Å²) in [5.74, 6) is -1.07. The van der Waals surface area contributed by atoms with Gasteiger partial charge in [-0.3, -0.25) is 9.59 Å². The lowest BCUT2D eigenvalue weighted by Gasteiger charge is -2.18. The van der Waals surface area contributed by atoms with Crippen LogP contribution in [0, 0.1) is 5.82 Å². The van der Waals surface area contributed by atoms with Crippen molar-refractivity contribution in [1.82, 2.24) is 0 Å². The second-order valence-corrected chi connectivity index (χ2v) is 7.47. The average Bonchev–Trinajstić information content (AvgIpc) is 3.20. The van der Waals surface area contributed by atoms with Crippen molar-refractivity contribution in [3.8, 4) is 5.75 Å². The van der Waals surface area contributed by atoms with E-state index in [9.17, 15) is 18.8 Å². The number of benzene rings is 3. The molecule has 0 bridgehead atoms. The van der Waals surface area contributed by atoms with Crippen molar-refractivity contribution in [2.75, 3.05) is 11.4 Å². The van der Waals surface area contributed by atoms with E-state index in [0.717, 1.165) is 6.42 Å². The fourth-order valence-corrected chi connectivity index (χ4v) is 3.58. The van der Waals surface area contributed by atoms with Crippen LogP contribution in [-0.4, -0.2) is 24.2 Å². The van der Waals surface area contributed by atoms with Gasteiger partial charge in [0.2, 0.25) is 5.91 Å².